The van der Waals surface area contributed by atoms with Crippen LogP contribution in [0.4, 0.5) is 11.4 Å². The molecule has 1 aliphatic heterocycles. The van der Waals surface area contributed by atoms with Gasteiger partial charge in [0.1, 0.15) is 13.2 Å². The monoisotopic (exact) mass is 381 g/mol. The highest BCUT2D eigenvalue weighted by Crippen LogP contribution is 2.33. The van der Waals surface area contributed by atoms with Gasteiger partial charge >= 0.3 is 0 Å². The van der Waals surface area contributed by atoms with Crippen molar-refractivity contribution in [2.45, 2.75) is 0 Å². The molecule has 2 aromatic carbocycles. The van der Waals surface area contributed by atoms with Gasteiger partial charge in [-0.05, 0) is 36.4 Å². The van der Waals surface area contributed by atoms with Crippen molar-refractivity contribution in [2.75, 3.05) is 24.3 Å². The van der Waals surface area contributed by atoms with Crippen LogP contribution in [0.3, 0.4) is 0 Å². The van der Waals surface area contributed by atoms with E-state index in [-0.39, 0.29) is 5.91 Å². The second-order valence-corrected chi connectivity index (χ2v) is 6.36. The molecule has 0 saturated carbocycles. The number of fused-ring (bicyclic) bond motifs is 1. The van der Waals surface area contributed by atoms with Crippen molar-refractivity contribution in [2.24, 2.45) is 0 Å². The molecule has 0 aliphatic carbocycles. The Kier molecular flexibility index (Phi) is 4.56. The zero-order valence-electron chi connectivity index (χ0n) is 14.2. The van der Waals surface area contributed by atoms with Crippen molar-refractivity contribution >= 4 is 28.9 Å². The summed E-state index contributed by atoms with van der Waals surface area (Å²) in [5, 5.41) is 3.34. The highest BCUT2D eigenvalue weighted by molar-refractivity contribution is 6.33. The SMILES string of the molecule is Nc1cc(-c2ncccc2Cl)ccc1C(=O)Nc1ccc2c(c1)OCCO2. The Morgan fingerprint density at radius 1 is 1.07 bits per heavy atom. The summed E-state index contributed by atoms with van der Waals surface area (Å²) in [5.41, 5.74) is 8.75. The molecule has 2 heterocycles. The van der Waals surface area contributed by atoms with Crippen LogP contribution < -0.4 is 20.5 Å². The van der Waals surface area contributed by atoms with Gasteiger partial charge in [-0.15, -0.1) is 0 Å². The first kappa shape index (κ1) is 17.2. The number of nitrogens with two attached hydrogens (primary N) is 1. The number of hydrogen-bond acceptors (Lipinski definition) is 5. The van der Waals surface area contributed by atoms with Crippen LogP contribution in [0.1, 0.15) is 10.4 Å². The molecule has 1 amide bonds. The number of ether oxygens (including phenoxy) is 2. The molecule has 4 rings (SSSR count). The first-order valence-corrected chi connectivity index (χ1v) is 8.71. The molecule has 3 aromatic rings. The molecule has 1 aliphatic rings. The van der Waals surface area contributed by atoms with Crippen LogP contribution in [0, 0.1) is 0 Å². The van der Waals surface area contributed by atoms with Crippen molar-refractivity contribution in [3.63, 3.8) is 0 Å². The van der Waals surface area contributed by atoms with Crippen LogP contribution >= 0.6 is 11.6 Å². The van der Waals surface area contributed by atoms with E-state index < -0.39 is 0 Å². The van der Waals surface area contributed by atoms with Gasteiger partial charge in [-0.2, -0.15) is 0 Å². The maximum absolute atomic E-state index is 12.6. The Hall–Kier alpha value is -3.25. The van der Waals surface area contributed by atoms with Crippen LogP contribution in [0.25, 0.3) is 11.3 Å². The van der Waals surface area contributed by atoms with E-state index in [2.05, 4.69) is 10.3 Å². The molecule has 0 radical (unpaired) electrons. The Bertz CT molecular complexity index is 1020. The summed E-state index contributed by atoms with van der Waals surface area (Å²) in [6.07, 6.45) is 1.65. The molecule has 3 N–H and O–H groups in total. The van der Waals surface area contributed by atoms with Crippen molar-refractivity contribution in [3.05, 3.63) is 65.3 Å². The number of amides is 1. The predicted octanol–water partition coefficient (Wildman–Crippen LogP) is 4.01. The third-order valence-corrected chi connectivity index (χ3v) is 4.43. The summed E-state index contributed by atoms with van der Waals surface area (Å²) in [4.78, 5) is 16.9. The number of hydrogen-bond donors (Lipinski definition) is 2. The fourth-order valence-electron chi connectivity index (χ4n) is 2.83. The molecule has 27 heavy (non-hydrogen) atoms. The van der Waals surface area contributed by atoms with Gasteiger partial charge in [0, 0.05) is 29.2 Å². The number of carbonyl (C=O) groups is 1. The number of nitrogens with one attached hydrogen (secondary N) is 1. The van der Waals surface area contributed by atoms with Crippen LogP contribution in [0.2, 0.25) is 5.02 Å². The van der Waals surface area contributed by atoms with Crippen LogP contribution in [0.15, 0.2) is 54.7 Å². The van der Waals surface area contributed by atoms with Gasteiger partial charge in [-0.25, -0.2) is 0 Å². The van der Waals surface area contributed by atoms with Crippen LogP contribution in [-0.4, -0.2) is 24.1 Å². The number of carbonyl (C=O) groups excluding carboxylic acids is 1. The zero-order valence-corrected chi connectivity index (χ0v) is 15.0. The first-order valence-electron chi connectivity index (χ1n) is 8.33. The number of rotatable bonds is 3. The van der Waals surface area contributed by atoms with E-state index in [1.54, 1.807) is 54.7 Å². The van der Waals surface area contributed by atoms with E-state index in [4.69, 9.17) is 26.8 Å². The lowest BCUT2D eigenvalue weighted by Crippen LogP contribution is -2.17. The third kappa shape index (κ3) is 3.52. The highest BCUT2D eigenvalue weighted by Gasteiger charge is 2.15. The van der Waals surface area contributed by atoms with E-state index in [9.17, 15) is 4.79 Å². The van der Waals surface area contributed by atoms with E-state index in [0.717, 1.165) is 5.56 Å². The number of benzene rings is 2. The van der Waals surface area contributed by atoms with E-state index in [0.29, 0.717) is 52.4 Å². The Balaban J connectivity index is 1.56. The third-order valence-electron chi connectivity index (χ3n) is 4.13. The minimum absolute atomic E-state index is 0.317. The second-order valence-electron chi connectivity index (χ2n) is 5.95. The van der Waals surface area contributed by atoms with Crippen molar-refractivity contribution in [1.29, 1.82) is 0 Å². The Labute approximate surface area is 160 Å². The summed E-state index contributed by atoms with van der Waals surface area (Å²) in [7, 11) is 0. The van der Waals surface area contributed by atoms with Crippen molar-refractivity contribution in [3.8, 4) is 22.8 Å². The van der Waals surface area contributed by atoms with Crippen molar-refractivity contribution in [1.82, 2.24) is 4.98 Å². The lowest BCUT2D eigenvalue weighted by molar-refractivity contribution is 0.102. The molecule has 0 unspecified atom stereocenters. The van der Waals surface area contributed by atoms with E-state index in [1.807, 2.05) is 0 Å². The fourth-order valence-corrected chi connectivity index (χ4v) is 3.07. The quantitative estimate of drug-likeness (QED) is 0.669. The molecule has 6 nitrogen and oxygen atoms in total. The lowest BCUT2D eigenvalue weighted by Gasteiger charge is -2.19. The maximum atomic E-state index is 12.6. The molecular weight excluding hydrogens is 366 g/mol. The standard InChI is InChI=1S/C20H16ClN3O3/c21-15-2-1-7-23-19(15)12-3-5-14(16(22)10-12)20(25)24-13-4-6-17-18(11-13)27-9-8-26-17/h1-7,10-11H,8-9,22H2,(H,24,25). The lowest BCUT2D eigenvalue weighted by atomic mass is 10.1. The van der Waals surface area contributed by atoms with E-state index in [1.165, 1.54) is 0 Å². The summed E-state index contributed by atoms with van der Waals surface area (Å²) in [6.45, 7) is 0.997. The van der Waals surface area contributed by atoms with Gasteiger partial charge in [-0.3, -0.25) is 9.78 Å². The van der Waals surface area contributed by atoms with Gasteiger partial charge in [0.2, 0.25) is 0 Å². The summed E-state index contributed by atoms with van der Waals surface area (Å²) < 4.78 is 11.0. The molecule has 0 fully saturated rings. The topological polar surface area (TPSA) is 86.5 Å². The van der Waals surface area contributed by atoms with Gasteiger partial charge in [0.05, 0.1) is 16.3 Å². The Morgan fingerprint density at radius 2 is 1.89 bits per heavy atom. The molecule has 136 valence electrons. The number of nitrogens with zero attached hydrogens (tertiary/aromatic N) is 1. The fraction of sp³-hybridized carbons (Fsp3) is 0.100. The van der Waals surface area contributed by atoms with Gasteiger partial charge in [0.15, 0.2) is 11.5 Å². The highest BCUT2D eigenvalue weighted by atomic mass is 35.5. The molecular formula is C20H16ClN3O3. The van der Waals surface area contributed by atoms with E-state index >= 15 is 0 Å². The summed E-state index contributed by atoms with van der Waals surface area (Å²) in [5.74, 6) is 0.949. The van der Waals surface area contributed by atoms with Crippen LogP contribution in [-0.2, 0) is 0 Å². The molecule has 0 bridgehead atoms. The van der Waals surface area contributed by atoms with Gasteiger partial charge in [-0.1, -0.05) is 17.7 Å². The number of anilines is 2. The number of aromatic nitrogens is 1. The maximum Gasteiger partial charge on any atom is 0.257 e. The molecule has 7 heteroatoms. The first-order chi connectivity index (χ1) is 13.1. The molecule has 0 atom stereocenters. The largest absolute Gasteiger partial charge is 0.486 e. The molecule has 0 saturated heterocycles. The van der Waals surface area contributed by atoms with Gasteiger partial charge < -0.3 is 20.5 Å². The summed E-state index contributed by atoms with van der Waals surface area (Å²) in [6, 6.07) is 13.9. The van der Waals surface area contributed by atoms with Gasteiger partial charge in [0.25, 0.3) is 5.91 Å². The average Bonchev–Trinajstić information content (AvgIpc) is 2.68. The minimum Gasteiger partial charge on any atom is -0.486 e. The average molecular weight is 382 g/mol. The number of pyridine rings is 1. The second kappa shape index (κ2) is 7.17. The number of halogens is 1. The smallest absolute Gasteiger partial charge is 0.257 e. The van der Waals surface area contributed by atoms with Crippen molar-refractivity contribution < 1.29 is 14.3 Å². The molecule has 0 spiro atoms. The summed E-state index contributed by atoms with van der Waals surface area (Å²) >= 11 is 6.17. The zero-order chi connectivity index (χ0) is 18.8. The molecule has 1 aromatic heterocycles. The predicted molar refractivity (Wildman–Crippen MR) is 104 cm³/mol. The normalized spacial score (nSPS) is 12.5. The minimum atomic E-state index is -0.317. The Morgan fingerprint density at radius 3 is 2.67 bits per heavy atom. The van der Waals surface area contributed by atoms with Crippen LogP contribution in [0.5, 0.6) is 11.5 Å². The number of nitrogen functional groups attached to an aromatic ring is 1.